The van der Waals surface area contributed by atoms with Crippen LogP contribution in [0.3, 0.4) is 0 Å². The SMILES string of the molecule is CSC[C@H](C)C(=O)Nc1ccc(C(C)(C)C)nn1. The third-order valence-corrected chi connectivity index (χ3v) is 3.38. The molecule has 0 fully saturated rings. The maximum atomic E-state index is 11.8. The van der Waals surface area contributed by atoms with E-state index in [1.54, 1.807) is 17.8 Å². The van der Waals surface area contributed by atoms with Gasteiger partial charge in [-0.3, -0.25) is 4.79 Å². The molecule has 0 unspecified atom stereocenters. The van der Waals surface area contributed by atoms with E-state index < -0.39 is 0 Å². The lowest BCUT2D eigenvalue weighted by molar-refractivity contribution is -0.118. The van der Waals surface area contributed by atoms with Crippen molar-refractivity contribution in [3.63, 3.8) is 0 Å². The molecule has 0 aliphatic carbocycles. The fraction of sp³-hybridized carbons (Fsp3) is 0.615. The van der Waals surface area contributed by atoms with Gasteiger partial charge in [-0.25, -0.2) is 0 Å². The maximum absolute atomic E-state index is 11.8. The van der Waals surface area contributed by atoms with E-state index in [4.69, 9.17) is 0 Å². The molecule has 0 aromatic carbocycles. The Morgan fingerprint density at radius 3 is 2.50 bits per heavy atom. The molecule has 1 amide bonds. The van der Waals surface area contributed by atoms with Gasteiger partial charge in [0.2, 0.25) is 5.91 Å². The van der Waals surface area contributed by atoms with Gasteiger partial charge in [-0.1, -0.05) is 27.7 Å². The number of nitrogens with one attached hydrogen (secondary N) is 1. The van der Waals surface area contributed by atoms with Gasteiger partial charge in [0.15, 0.2) is 5.82 Å². The highest BCUT2D eigenvalue weighted by Crippen LogP contribution is 2.19. The van der Waals surface area contributed by atoms with Crippen molar-refractivity contribution in [2.75, 3.05) is 17.3 Å². The molecule has 0 aliphatic heterocycles. The summed E-state index contributed by atoms with van der Waals surface area (Å²) in [7, 11) is 0. The fourth-order valence-corrected chi connectivity index (χ4v) is 2.03. The largest absolute Gasteiger partial charge is 0.309 e. The summed E-state index contributed by atoms with van der Waals surface area (Å²) >= 11 is 1.66. The van der Waals surface area contributed by atoms with Gasteiger partial charge in [0.25, 0.3) is 0 Å². The number of anilines is 1. The van der Waals surface area contributed by atoms with Crippen molar-refractivity contribution in [1.29, 1.82) is 0 Å². The highest BCUT2D eigenvalue weighted by atomic mass is 32.2. The van der Waals surface area contributed by atoms with E-state index >= 15 is 0 Å². The second-order valence-corrected chi connectivity index (χ2v) is 6.31. The van der Waals surface area contributed by atoms with Gasteiger partial charge in [0.05, 0.1) is 5.69 Å². The topological polar surface area (TPSA) is 54.9 Å². The molecule has 0 saturated heterocycles. The van der Waals surface area contributed by atoms with Crippen LogP contribution in [0.4, 0.5) is 5.82 Å². The summed E-state index contributed by atoms with van der Waals surface area (Å²) in [6.45, 7) is 8.14. The number of hydrogen-bond donors (Lipinski definition) is 1. The first-order valence-electron chi connectivity index (χ1n) is 5.98. The van der Waals surface area contributed by atoms with E-state index in [9.17, 15) is 4.79 Å². The second-order valence-electron chi connectivity index (χ2n) is 5.40. The predicted octanol–water partition coefficient (Wildman–Crippen LogP) is 2.71. The zero-order valence-electron chi connectivity index (χ0n) is 11.7. The monoisotopic (exact) mass is 267 g/mol. The fourth-order valence-electron chi connectivity index (χ4n) is 1.37. The summed E-state index contributed by atoms with van der Waals surface area (Å²) in [5.74, 6) is 1.28. The molecule has 1 atom stereocenters. The van der Waals surface area contributed by atoms with Crippen molar-refractivity contribution in [3.05, 3.63) is 17.8 Å². The molecule has 0 saturated carbocycles. The molecule has 1 rings (SSSR count). The first-order valence-corrected chi connectivity index (χ1v) is 7.38. The van der Waals surface area contributed by atoms with E-state index in [2.05, 4.69) is 36.3 Å². The Balaban J connectivity index is 2.67. The van der Waals surface area contributed by atoms with Crippen LogP contribution in [0.25, 0.3) is 0 Å². The Hall–Kier alpha value is -1.10. The Morgan fingerprint density at radius 1 is 1.39 bits per heavy atom. The molecule has 0 radical (unpaired) electrons. The zero-order valence-corrected chi connectivity index (χ0v) is 12.5. The van der Waals surface area contributed by atoms with Crippen molar-refractivity contribution in [1.82, 2.24) is 10.2 Å². The van der Waals surface area contributed by atoms with Crippen molar-refractivity contribution in [2.45, 2.75) is 33.1 Å². The van der Waals surface area contributed by atoms with Gasteiger partial charge in [0.1, 0.15) is 0 Å². The van der Waals surface area contributed by atoms with Crippen molar-refractivity contribution in [3.8, 4) is 0 Å². The Bertz CT molecular complexity index is 398. The summed E-state index contributed by atoms with van der Waals surface area (Å²) in [6.07, 6.45) is 1.99. The molecule has 1 heterocycles. The van der Waals surface area contributed by atoms with Crippen molar-refractivity contribution < 1.29 is 4.79 Å². The van der Waals surface area contributed by atoms with E-state index in [0.717, 1.165) is 11.4 Å². The Labute approximate surface area is 113 Å². The smallest absolute Gasteiger partial charge is 0.229 e. The predicted molar refractivity (Wildman–Crippen MR) is 76.9 cm³/mol. The highest BCUT2D eigenvalue weighted by Gasteiger charge is 2.17. The van der Waals surface area contributed by atoms with Crippen molar-refractivity contribution in [2.24, 2.45) is 5.92 Å². The number of amides is 1. The summed E-state index contributed by atoms with van der Waals surface area (Å²) in [5, 5.41) is 11.0. The minimum absolute atomic E-state index is 0.0119. The minimum atomic E-state index is -0.0261. The van der Waals surface area contributed by atoms with Crippen LogP contribution in [0, 0.1) is 5.92 Å². The van der Waals surface area contributed by atoms with Crippen LogP contribution in [0.2, 0.25) is 0 Å². The van der Waals surface area contributed by atoms with E-state index in [1.807, 2.05) is 19.2 Å². The van der Waals surface area contributed by atoms with E-state index in [-0.39, 0.29) is 17.2 Å². The van der Waals surface area contributed by atoms with Crippen LogP contribution in [-0.4, -0.2) is 28.1 Å². The molecule has 1 aromatic heterocycles. The molecule has 5 heteroatoms. The minimum Gasteiger partial charge on any atom is -0.309 e. The lowest BCUT2D eigenvalue weighted by Gasteiger charge is -2.17. The van der Waals surface area contributed by atoms with E-state index in [0.29, 0.717) is 5.82 Å². The van der Waals surface area contributed by atoms with Gasteiger partial charge in [0, 0.05) is 17.1 Å². The maximum Gasteiger partial charge on any atom is 0.229 e. The second kappa shape index (κ2) is 6.18. The van der Waals surface area contributed by atoms with Crippen LogP contribution in [0.1, 0.15) is 33.4 Å². The molecule has 0 spiro atoms. The van der Waals surface area contributed by atoms with Crippen LogP contribution >= 0.6 is 11.8 Å². The van der Waals surface area contributed by atoms with Crippen LogP contribution < -0.4 is 5.32 Å². The first-order chi connectivity index (χ1) is 8.34. The van der Waals surface area contributed by atoms with E-state index in [1.165, 1.54) is 0 Å². The molecular weight excluding hydrogens is 246 g/mol. The average Bonchev–Trinajstić information content (AvgIpc) is 2.28. The first kappa shape index (κ1) is 15.0. The number of carbonyl (C=O) groups is 1. The molecule has 0 aliphatic rings. The van der Waals surface area contributed by atoms with Gasteiger partial charge in [-0.2, -0.15) is 16.9 Å². The zero-order chi connectivity index (χ0) is 13.8. The molecule has 1 aromatic rings. The molecule has 100 valence electrons. The molecule has 1 N–H and O–H groups in total. The third kappa shape index (κ3) is 4.29. The lowest BCUT2D eigenvalue weighted by atomic mass is 9.92. The number of thioether (sulfide) groups is 1. The molecular formula is C13H21N3OS. The normalized spacial score (nSPS) is 13.2. The Morgan fingerprint density at radius 2 is 2.06 bits per heavy atom. The standard InChI is InChI=1S/C13H21N3OS/c1-9(8-18-5)12(17)14-11-7-6-10(15-16-11)13(2,3)4/h6-7,9H,8H2,1-5H3,(H,14,16,17)/t9-/m0/s1. The summed E-state index contributed by atoms with van der Waals surface area (Å²) < 4.78 is 0. The highest BCUT2D eigenvalue weighted by molar-refractivity contribution is 7.98. The summed E-state index contributed by atoms with van der Waals surface area (Å²) in [5.41, 5.74) is 0.888. The molecule has 0 bridgehead atoms. The summed E-state index contributed by atoms with van der Waals surface area (Å²) in [6, 6.07) is 3.71. The number of hydrogen-bond acceptors (Lipinski definition) is 4. The Kier molecular flexibility index (Phi) is 5.14. The summed E-state index contributed by atoms with van der Waals surface area (Å²) in [4.78, 5) is 11.8. The van der Waals surface area contributed by atoms with Crippen LogP contribution in [-0.2, 0) is 10.2 Å². The molecule has 4 nitrogen and oxygen atoms in total. The van der Waals surface area contributed by atoms with Gasteiger partial charge >= 0.3 is 0 Å². The lowest BCUT2D eigenvalue weighted by Crippen LogP contribution is -2.23. The third-order valence-electron chi connectivity index (χ3n) is 2.55. The van der Waals surface area contributed by atoms with Crippen LogP contribution in [0.5, 0.6) is 0 Å². The van der Waals surface area contributed by atoms with Gasteiger partial charge in [-0.05, 0) is 18.4 Å². The van der Waals surface area contributed by atoms with Crippen LogP contribution in [0.15, 0.2) is 12.1 Å². The number of rotatable bonds is 4. The molecule has 18 heavy (non-hydrogen) atoms. The van der Waals surface area contributed by atoms with Gasteiger partial charge in [-0.15, -0.1) is 5.10 Å². The number of aromatic nitrogens is 2. The quantitative estimate of drug-likeness (QED) is 0.911. The number of nitrogens with zero attached hydrogens (tertiary/aromatic N) is 2. The van der Waals surface area contributed by atoms with Crippen molar-refractivity contribution >= 4 is 23.5 Å². The number of carbonyl (C=O) groups excluding carboxylic acids is 1. The average molecular weight is 267 g/mol. The van der Waals surface area contributed by atoms with Gasteiger partial charge < -0.3 is 5.32 Å².